The molecule has 0 saturated carbocycles. The Morgan fingerprint density at radius 1 is 0.733 bits per heavy atom. The van der Waals surface area contributed by atoms with Crippen LogP contribution in [0.25, 0.3) is 0 Å². The van der Waals surface area contributed by atoms with Gasteiger partial charge in [-0.1, -0.05) is 24.3 Å². The van der Waals surface area contributed by atoms with E-state index in [0.29, 0.717) is 28.2 Å². The SMILES string of the molecule is COC(=O)c1ccc(NCC(=O)Nc2cccc(NC(=O)c3ccccc3)c2)cc1. The molecule has 0 atom stereocenters. The highest BCUT2D eigenvalue weighted by Gasteiger charge is 2.08. The molecule has 3 aromatic carbocycles. The van der Waals surface area contributed by atoms with Crippen molar-refractivity contribution in [2.75, 3.05) is 29.6 Å². The predicted molar refractivity (Wildman–Crippen MR) is 116 cm³/mol. The van der Waals surface area contributed by atoms with Gasteiger partial charge in [0.05, 0.1) is 19.2 Å². The molecule has 7 heteroatoms. The summed E-state index contributed by atoms with van der Waals surface area (Å²) in [7, 11) is 1.32. The Hall–Kier alpha value is -4.13. The van der Waals surface area contributed by atoms with Gasteiger partial charge in [-0.25, -0.2) is 4.79 Å². The largest absolute Gasteiger partial charge is 0.465 e. The van der Waals surface area contributed by atoms with E-state index in [-0.39, 0.29) is 18.4 Å². The average Bonchev–Trinajstić information content (AvgIpc) is 2.78. The number of rotatable bonds is 7. The molecule has 3 N–H and O–H groups in total. The number of methoxy groups -OCH3 is 1. The number of carbonyl (C=O) groups is 3. The van der Waals surface area contributed by atoms with E-state index >= 15 is 0 Å². The minimum atomic E-state index is -0.418. The molecule has 0 bridgehead atoms. The minimum absolute atomic E-state index is 0.0399. The normalized spacial score (nSPS) is 10.0. The Morgan fingerprint density at radius 3 is 2.07 bits per heavy atom. The van der Waals surface area contributed by atoms with Crippen LogP contribution in [0.4, 0.5) is 17.1 Å². The van der Waals surface area contributed by atoms with Gasteiger partial charge in [0.25, 0.3) is 5.91 Å². The molecule has 0 spiro atoms. The Morgan fingerprint density at radius 2 is 1.40 bits per heavy atom. The molecule has 3 aromatic rings. The maximum atomic E-state index is 12.3. The third-order valence-electron chi connectivity index (χ3n) is 4.20. The van der Waals surface area contributed by atoms with E-state index in [4.69, 9.17) is 0 Å². The van der Waals surface area contributed by atoms with Crippen molar-refractivity contribution in [3.8, 4) is 0 Å². The summed E-state index contributed by atoms with van der Waals surface area (Å²) in [6.07, 6.45) is 0. The van der Waals surface area contributed by atoms with Gasteiger partial charge >= 0.3 is 5.97 Å². The van der Waals surface area contributed by atoms with Crippen LogP contribution in [0, 0.1) is 0 Å². The molecule has 7 nitrogen and oxygen atoms in total. The first-order chi connectivity index (χ1) is 14.5. The highest BCUT2D eigenvalue weighted by Crippen LogP contribution is 2.16. The van der Waals surface area contributed by atoms with Crippen LogP contribution < -0.4 is 16.0 Å². The fourth-order valence-corrected chi connectivity index (χ4v) is 2.70. The summed E-state index contributed by atoms with van der Waals surface area (Å²) in [5, 5.41) is 8.57. The molecule has 152 valence electrons. The van der Waals surface area contributed by atoms with Crippen molar-refractivity contribution in [1.82, 2.24) is 0 Å². The standard InChI is InChI=1S/C23H21N3O4/c1-30-23(29)17-10-12-18(13-11-17)24-15-21(27)25-19-8-5-9-20(14-19)26-22(28)16-6-3-2-4-7-16/h2-14,24H,15H2,1H3,(H,25,27)(H,26,28). The second-order valence-electron chi connectivity index (χ2n) is 6.37. The zero-order valence-electron chi connectivity index (χ0n) is 16.3. The highest BCUT2D eigenvalue weighted by atomic mass is 16.5. The number of amides is 2. The molecule has 0 saturated heterocycles. The smallest absolute Gasteiger partial charge is 0.337 e. The van der Waals surface area contributed by atoms with Crippen LogP contribution in [-0.4, -0.2) is 31.4 Å². The van der Waals surface area contributed by atoms with Crippen molar-refractivity contribution >= 4 is 34.8 Å². The first-order valence-corrected chi connectivity index (χ1v) is 9.24. The number of hydrogen-bond acceptors (Lipinski definition) is 5. The lowest BCUT2D eigenvalue weighted by Gasteiger charge is -2.10. The van der Waals surface area contributed by atoms with Gasteiger partial charge in [-0.3, -0.25) is 9.59 Å². The molecule has 0 aliphatic heterocycles. The van der Waals surface area contributed by atoms with Gasteiger partial charge in [0.15, 0.2) is 0 Å². The van der Waals surface area contributed by atoms with Crippen molar-refractivity contribution in [3.63, 3.8) is 0 Å². The van der Waals surface area contributed by atoms with Gasteiger partial charge in [-0.2, -0.15) is 0 Å². The topological polar surface area (TPSA) is 96.5 Å². The quantitative estimate of drug-likeness (QED) is 0.522. The Bertz CT molecular complexity index is 1030. The van der Waals surface area contributed by atoms with Gasteiger partial charge in [0, 0.05) is 22.6 Å². The van der Waals surface area contributed by atoms with Crippen LogP contribution in [0.5, 0.6) is 0 Å². The molecule has 0 radical (unpaired) electrons. The number of esters is 1. The third-order valence-corrected chi connectivity index (χ3v) is 4.20. The molecular formula is C23H21N3O4. The fraction of sp³-hybridized carbons (Fsp3) is 0.0870. The van der Waals surface area contributed by atoms with Gasteiger partial charge in [0.2, 0.25) is 5.91 Å². The molecule has 0 aliphatic carbocycles. The van der Waals surface area contributed by atoms with Gasteiger partial charge in [-0.15, -0.1) is 0 Å². The molecule has 0 fully saturated rings. The molecule has 0 unspecified atom stereocenters. The summed E-state index contributed by atoms with van der Waals surface area (Å²) in [5.74, 6) is -0.895. The summed E-state index contributed by atoms with van der Waals surface area (Å²) in [5.41, 5.74) is 2.82. The molecule has 30 heavy (non-hydrogen) atoms. The Kier molecular flexibility index (Phi) is 6.78. The van der Waals surface area contributed by atoms with Crippen LogP contribution in [0.2, 0.25) is 0 Å². The van der Waals surface area contributed by atoms with Crippen LogP contribution in [0.15, 0.2) is 78.9 Å². The second-order valence-corrected chi connectivity index (χ2v) is 6.37. The summed E-state index contributed by atoms with van der Waals surface area (Å²) >= 11 is 0. The van der Waals surface area contributed by atoms with Crippen molar-refractivity contribution < 1.29 is 19.1 Å². The van der Waals surface area contributed by atoms with E-state index in [0.717, 1.165) is 0 Å². The van der Waals surface area contributed by atoms with Gasteiger partial charge in [0.1, 0.15) is 0 Å². The lowest BCUT2D eigenvalue weighted by molar-refractivity contribution is -0.114. The van der Waals surface area contributed by atoms with E-state index in [9.17, 15) is 14.4 Å². The second kappa shape index (κ2) is 9.88. The molecule has 2 amide bonds. The molecule has 3 rings (SSSR count). The van der Waals surface area contributed by atoms with Crippen LogP contribution >= 0.6 is 0 Å². The van der Waals surface area contributed by atoms with Gasteiger partial charge < -0.3 is 20.7 Å². The summed E-state index contributed by atoms with van der Waals surface area (Å²) in [6.45, 7) is 0.0399. The lowest BCUT2D eigenvalue weighted by atomic mass is 10.2. The zero-order chi connectivity index (χ0) is 21.3. The van der Waals surface area contributed by atoms with Crippen LogP contribution in [0.1, 0.15) is 20.7 Å². The number of hydrogen-bond donors (Lipinski definition) is 3. The van der Waals surface area contributed by atoms with Crippen LogP contribution in [-0.2, 0) is 9.53 Å². The van der Waals surface area contributed by atoms with Crippen molar-refractivity contribution in [2.45, 2.75) is 0 Å². The molecular weight excluding hydrogens is 382 g/mol. The number of nitrogens with one attached hydrogen (secondary N) is 3. The number of benzene rings is 3. The maximum absolute atomic E-state index is 12.3. The lowest BCUT2D eigenvalue weighted by Crippen LogP contribution is -2.22. The van der Waals surface area contributed by atoms with E-state index < -0.39 is 5.97 Å². The highest BCUT2D eigenvalue weighted by molar-refractivity contribution is 6.04. The maximum Gasteiger partial charge on any atom is 0.337 e. The van der Waals surface area contributed by atoms with Gasteiger partial charge in [-0.05, 0) is 54.6 Å². The van der Waals surface area contributed by atoms with Crippen molar-refractivity contribution in [3.05, 3.63) is 90.0 Å². The van der Waals surface area contributed by atoms with Crippen molar-refractivity contribution in [1.29, 1.82) is 0 Å². The van der Waals surface area contributed by atoms with E-state index in [2.05, 4.69) is 20.7 Å². The number of ether oxygens (including phenoxy) is 1. The van der Waals surface area contributed by atoms with E-state index in [1.807, 2.05) is 6.07 Å². The van der Waals surface area contributed by atoms with E-state index in [1.165, 1.54) is 7.11 Å². The summed E-state index contributed by atoms with van der Waals surface area (Å²) in [4.78, 5) is 35.9. The summed E-state index contributed by atoms with van der Waals surface area (Å²) < 4.78 is 4.65. The zero-order valence-corrected chi connectivity index (χ0v) is 16.3. The molecule has 0 aliphatic rings. The first kappa shape index (κ1) is 20.6. The van der Waals surface area contributed by atoms with E-state index in [1.54, 1.807) is 72.8 Å². The predicted octanol–water partition coefficient (Wildman–Crippen LogP) is 3.78. The first-order valence-electron chi connectivity index (χ1n) is 9.24. The minimum Gasteiger partial charge on any atom is -0.465 e. The van der Waals surface area contributed by atoms with Crippen LogP contribution in [0.3, 0.4) is 0 Å². The Labute approximate surface area is 174 Å². The summed E-state index contributed by atoms with van der Waals surface area (Å²) in [6, 6.07) is 22.4. The number of carbonyl (C=O) groups excluding carboxylic acids is 3. The molecule has 0 heterocycles. The fourth-order valence-electron chi connectivity index (χ4n) is 2.70. The monoisotopic (exact) mass is 403 g/mol. The third kappa shape index (κ3) is 5.68. The van der Waals surface area contributed by atoms with Crippen molar-refractivity contribution in [2.24, 2.45) is 0 Å². The Balaban J connectivity index is 1.53. The molecule has 0 aromatic heterocycles. The number of anilines is 3. The average molecular weight is 403 g/mol.